The van der Waals surface area contributed by atoms with Crippen molar-refractivity contribution < 1.29 is 18.4 Å². The Hall–Kier alpha value is -4.39. The largest absolute Gasteiger partial charge is 0.461 e. The number of carbonyl (C=O) groups is 2. The Morgan fingerprint density at radius 2 is 2.11 bits per heavy atom. The number of aryl methyl sites for hydroxylation is 1. The molecule has 2 amide bonds. The van der Waals surface area contributed by atoms with Gasteiger partial charge in [0.2, 0.25) is 17.8 Å². The number of nitrogens with one attached hydrogen (secondary N) is 3. The highest BCUT2D eigenvalue weighted by atomic mass is 19.1. The number of rotatable bonds is 7. The van der Waals surface area contributed by atoms with Crippen molar-refractivity contribution in [3.05, 3.63) is 65.7 Å². The Kier molecular flexibility index (Phi) is 8.36. The molecule has 0 unspecified atom stereocenters. The van der Waals surface area contributed by atoms with Crippen LogP contribution in [-0.4, -0.2) is 48.3 Å². The van der Waals surface area contributed by atoms with E-state index in [0.717, 1.165) is 35.1 Å². The molecule has 1 fully saturated rings. The highest BCUT2D eigenvalue weighted by Gasteiger charge is 2.28. The fraction of sp³-hybridized carbons (Fsp3) is 0.333. The van der Waals surface area contributed by atoms with Crippen LogP contribution in [0.5, 0.6) is 0 Å². The summed E-state index contributed by atoms with van der Waals surface area (Å²) < 4.78 is 18.9. The highest BCUT2D eigenvalue weighted by molar-refractivity contribution is 5.98. The number of likely N-dealkylation sites (tertiary alicyclic amines) is 1. The number of carbonyl (C=O) groups excluding carboxylic acids is 2. The molecular formula is C27H29FN6O3. The van der Waals surface area contributed by atoms with Crippen molar-refractivity contribution in [3.8, 4) is 6.19 Å². The molecule has 37 heavy (non-hydrogen) atoms. The lowest BCUT2D eigenvalue weighted by Crippen LogP contribution is -2.44. The van der Waals surface area contributed by atoms with Crippen LogP contribution in [0, 0.1) is 24.2 Å². The Morgan fingerprint density at radius 1 is 1.24 bits per heavy atom. The topological polar surface area (TPSA) is 123 Å². The maximum atomic E-state index is 13.3. The third kappa shape index (κ3) is 7.07. The molecule has 3 aromatic rings. The van der Waals surface area contributed by atoms with Crippen molar-refractivity contribution in [1.29, 1.82) is 5.26 Å². The molecule has 2 heterocycles. The first-order valence-corrected chi connectivity index (χ1v) is 12.2. The number of amides is 2. The Labute approximate surface area is 214 Å². The standard InChI is InChI=1S/C27H29FN6O3/c1-18-13-20-15-22(8-9-24(20)37-18)32-27(31-17-29)33-23-7-2-3-12-34(26(23)36)16-25(35)30-11-10-19-5-4-6-21(28)14-19/h4-6,8-9,13-15,23H,2-3,7,10-12,16H2,1H3,(H,30,35)(H2,31,32,33)/t23-/m0/s1. The number of nitriles is 1. The predicted molar refractivity (Wildman–Crippen MR) is 138 cm³/mol. The first kappa shape index (κ1) is 25.7. The number of furan rings is 1. The number of guanidine groups is 1. The van der Waals surface area contributed by atoms with Crippen molar-refractivity contribution in [2.45, 2.75) is 38.6 Å². The normalized spacial score (nSPS) is 16.2. The van der Waals surface area contributed by atoms with Crippen LogP contribution in [-0.2, 0) is 16.0 Å². The van der Waals surface area contributed by atoms with E-state index in [2.05, 4.69) is 20.9 Å². The number of benzene rings is 2. The Bertz CT molecular complexity index is 1350. The van der Waals surface area contributed by atoms with Crippen LogP contribution in [0.3, 0.4) is 0 Å². The number of aliphatic imine (C=N–C) groups is 1. The monoisotopic (exact) mass is 504 g/mol. The van der Waals surface area contributed by atoms with Gasteiger partial charge in [0.15, 0.2) is 6.19 Å². The van der Waals surface area contributed by atoms with Crippen molar-refractivity contribution >= 4 is 34.4 Å². The molecule has 0 bridgehead atoms. The number of hydrogen-bond acceptors (Lipinski definition) is 5. The Balaban J connectivity index is 1.38. The van der Waals surface area contributed by atoms with Crippen molar-refractivity contribution in [3.63, 3.8) is 0 Å². The molecule has 10 heteroatoms. The second-order valence-electron chi connectivity index (χ2n) is 8.95. The fourth-order valence-electron chi connectivity index (χ4n) is 4.32. The second-order valence-corrected chi connectivity index (χ2v) is 8.95. The molecule has 1 aliphatic heterocycles. The van der Waals surface area contributed by atoms with Crippen LogP contribution in [0.1, 0.15) is 30.6 Å². The zero-order chi connectivity index (χ0) is 26.2. The Morgan fingerprint density at radius 3 is 2.92 bits per heavy atom. The lowest BCUT2D eigenvalue weighted by Gasteiger charge is -2.22. The third-order valence-corrected chi connectivity index (χ3v) is 6.07. The minimum absolute atomic E-state index is 0.0844. The first-order valence-electron chi connectivity index (χ1n) is 12.2. The SMILES string of the molecule is Cc1cc2cc(NC(=N[C@H]3CCCCN(CC(=O)NCCc4cccc(F)c4)C3=O)NC#N)ccc2o1. The van der Waals surface area contributed by atoms with Gasteiger partial charge in [-0.3, -0.25) is 14.9 Å². The summed E-state index contributed by atoms with van der Waals surface area (Å²) in [6, 6.07) is 12.9. The molecule has 1 aromatic heterocycles. The predicted octanol–water partition coefficient (Wildman–Crippen LogP) is 3.46. The smallest absolute Gasteiger partial charge is 0.247 e. The average molecular weight is 505 g/mol. The van der Waals surface area contributed by atoms with Crippen molar-refractivity contribution in [2.24, 2.45) is 4.99 Å². The van der Waals surface area contributed by atoms with Gasteiger partial charge in [0.1, 0.15) is 23.2 Å². The van der Waals surface area contributed by atoms with Gasteiger partial charge in [0.05, 0.1) is 6.54 Å². The van der Waals surface area contributed by atoms with Crippen LogP contribution in [0.15, 0.2) is 57.9 Å². The molecule has 0 spiro atoms. The molecule has 1 aliphatic rings. The number of anilines is 1. The summed E-state index contributed by atoms with van der Waals surface area (Å²) in [6.07, 6.45) is 4.37. The van der Waals surface area contributed by atoms with E-state index in [0.29, 0.717) is 31.6 Å². The average Bonchev–Trinajstić information content (AvgIpc) is 3.15. The van der Waals surface area contributed by atoms with Crippen LogP contribution in [0.25, 0.3) is 11.0 Å². The molecule has 192 valence electrons. The van der Waals surface area contributed by atoms with Crippen molar-refractivity contribution in [1.82, 2.24) is 15.5 Å². The molecule has 0 radical (unpaired) electrons. The van der Waals surface area contributed by atoms with Gasteiger partial charge in [-0.05, 0) is 74.6 Å². The van der Waals surface area contributed by atoms with Crippen molar-refractivity contribution in [2.75, 3.05) is 25.0 Å². The summed E-state index contributed by atoms with van der Waals surface area (Å²) >= 11 is 0. The van der Waals surface area contributed by atoms with Crippen LogP contribution in [0.4, 0.5) is 10.1 Å². The molecule has 0 aliphatic carbocycles. The molecule has 3 N–H and O–H groups in total. The fourth-order valence-corrected chi connectivity index (χ4v) is 4.32. The van der Waals surface area contributed by atoms with E-state index in [4.69, 9.17) is 4.42 Å². The van der Waals surface area contributed by atoms with Gasteiger partial charge < -0.3 is 20.0 Å². The van der Waals surface area contributed by atoms with Crippen LogP contribution >= 0.6 is 0 Å². The van der Waals surface area contributed by atoms with Gasteiger partial charge in [-0.25, -0.2) is 9.38 Å². The molecule has 0 saturated carbocycles. The van der Waals surface area contributed by atoms with Crippen LogP contribution < -0.4 is 16.0 Å². The van der Waals surface area contributed by atoms with Gasteiger partial charge in [0, 0.05) is 24.2 Å². The summed E-state index contributed by atoms with van der Waals surface area (Å²) in [7, 11) is 0. The molecule has 1 saturated heterocycles. The number of nitrogens with zero attached hydrogens (tertiary/aromatic N) is 3. The van der Waals surface area contributed by atoms with Gasteiger partial charge in [0.25, 0.3) is 0 Å². The third-order valence-electron chi connectivity index (χ3n) is 6.07. The lowest BCUT2D eigenvalue weighted by molar-refractivity contribution is -0.136. The zero-order valence-corrected chi connectivity index (χ0v) is 20.6. The van der Waals surface area contributed by atoms with E-state index in [9.17, 15) is 19.2 Å². The molecule has 4 rings (SSSR count). The summed E-state index contributed by atoms with van der Waals surface area (Å²) in [4.78, 5) is 31.8. The summed E-state index contributed by atoms with van der Waals surface area (Å²) in [5.74, 6) is 0.0759. The highest BCUT2D eigenvalue weighted by Crippen LogP contribution is 2.23. The van der Waals surface area contributed by atoms with E-state index in [1.807, 2.05) is 31.3 Å². The minimum Gasteiger partial charge on any atom is -0.461 e. The van der Waals surface area contributed by atoms with Gasteiger partial charge in [-0.15, -0.1) is 0 Å². The minimum atomic E-state index is -0.731. The van der Waals surface area contributed by atoms with E-state index in [1.54, 1.807) is 18.2 Å². The number of fused-ring (bicyclic) bond motifs is 1. The van der Waals surface area contributed by atoms with Gasteiger partial charge in [-0.2, -0.15) is 5.26 Å². The second kappa shape index (κ2) is 12.0. The van der Waals surface area contributed by atoms with Crippen LogP contribution in [0.2, 0.25) is 0 Å². The lowest BCUT2D eigenvalue weighted by atomic mass is 10.1. The molecular weight excluding hydrogens is 475 g/mol. The number of halogens is 1. The quantitative estimate of drug-likeness (QED) is 0.196. The van der Waals surface area contributed by atoms with E-state index in [-0.39, 0.29) is 30.1 Å². The summed E-state index contributed by atoms with van der Waals surface area (Å²) in [5.41, 5.74) is 2.22. The zero-order valence-electron chi connectivity index (χ0n) is 20.6. The maximum Gasteiger partial charge on any atom is 0.247 e. The molecule has 2 aromatic carbocycles. The maximum absolute atomic E-state index is 13.3. The van der Waals surface area contributed by atoms with E-state index >= 15 is 0 Å². The summed E-state index contributed by atoms with van der Waals surface area (Å²) in [6.45, 7) is 2.57. The number of hydrogen-bond donors (Lipinski definition) is 3. The first-order chi connectivity index (χ1) is 17.9. The molecule has 9 nitrogen and oxygen atoms in total. The van der Waals surface area contributed by atoms with Gasteiger partial charge >= 0.3 is 0 Å². The summed E-state index contributed by atoms with van der Waals surface area (Å²) in [5, 5.41) is 18.5. The van der Waals surface area contributed by atoms with Gasteiger partial charge in [-0.1, -0.05) is 12.1 Å². The van der Waals surface area contributed by atoms with E-state index in [1.165, 1.54) is 17.0 Å². The van der Waals surface area contributed by atoms with E-state index < -0.39 is 6.04 Å². The molecule has 1 atom stereocenters.